The molecular formula is C14H19NO. The minimum Gasteiger partial charge on any atom is -0.371 e. The van der Waals surface area contributed by atoms with Crippen molar-refractivity contribution in [1.82, 2.24) is 0 Å². The van der Waals surface area contributed by atoms with Crippen molar-refractivity contribution in [2.45, 2.75) is 26.2 Å². The summed E-state index contributed by atoms with van der Waals surface area (Å²) in [7, 11) is 0. The molecule has 1 aliphatic heterocycles. The second-order valence-corrected chi connectivity index (χ2v) is 4.43. The Hall–Kier alpha value is -1.31. The summed E-state index contributed by atoms with van der Waals surface area (Å²) < 4.78 is 0. The summed E-state index contributed by atoms with van der Waals surface area (Å²) in [5.74, 6) is 0.552. The number of carbonyl (C=O) groups excluding carboxylic acids is 1. The normalized spacial score (nSPS) is 24.0. The van der Waals surface area contributed by atoms with Gasteiger partial charge in [-0.3, -0.25) is 0 Å². The van der Waals surface area contributed by atoms with Crippen molar-refractivity contribution in [3.8, 4) is 0 Å². The summed E-state index contributed by atoms with van der Waals surface area (Å²) in [6, 6.07) is 8.30. The quantitative estimate of drug-likeness (QED) is 0.726. The van der Waals surface area contributed by atoms with E-state index in [0.717, 1.165) is 25.8 Å². The lowest BCUT2D eigenvalue weighted by atomic mass is 9.81. The van der Waals surface area contributed by atoms with Gasteiger partial charge in [-0.2, -0.15) is 0 Å². The number of carbonyl (C=O) groups is 1. The molecule has 0 aliphatic carbocycles. The molecule has 1 aliphatic rings. The minimum absolute atomic E-state index is 0.0870. The van der Waals surface area contributed by atoms with E-state index >= 15 is 0 Å². The Bertz CT molecular complexity index is 375. The molecule has 0 amide bonds. The number of rotatable bonds is 3. The van der Waals surface area contributed by atoms with Gasteiger partial charge >= 0.3 is 0 Å². The Kier molecular flexibility index (Phi) is 3.28. The number of fused-ring (bicyclic) bond motifs is 1. The monoisotopic (exact) mass is 217 g/mol. The second kappa shape index (κ2) is 4.69. The highest BCUT2D eigenvalue weighted by Gasteiger charge is 2.31. The molecule has 0 spiro atoms. The van der Waals surface area contributed by atoms with Gasteiger partial charge in [-0.1, -0.05) is 31.5 Å². The van der Waals surface area contributed by atoms with Crippen LogP contribution in [0.1, 0.15) is 31.7 Å². The van der Waals surface area contributed by atoms with Crippen LogP contribution >= 0.6 is 0 Å². The Labute approximate surface area is 97.3 Å². The van der Waals surface area contributed by atoms with Gasteiger partial charge < -0.3 is 9.69 Å². The number of aldehydes is 1. The maximum atomic E-state index is 11.3. The maximum absolute atomic E-state index is 11.3. The van der Waals surface area contributed by atoms with Crippen molar-refractivity contribution in [3.63, 3.8) is 0 Å². The molecule has 2 atom stereocenters. The van der Waals surface area contributed by atoms with E-state index in [2.05, 4.69) is 36.9 Å². The predicted octanol–water partition coefficient (Wildman–Crippen LogP) is 2.84. The fourth-order valence-electron chi connectivity index (χ4n) is 2.67. The summed E-state index contributed by atoms with van der Waals surface area (Å²) in [5, 5.41) is 0. The molecule has 0 bridgehead atoms. The van der Waals surface area contributed by atoms with E-state index in [-0.39, 0.29) is 5.92 Å². The molecule has 0 saturated heterocycles. The van der Waals surface area contributed by atoms with E-state index in [0.29, 0.717) is 5.92 Å². The molecule has 2 nitrogen and oxygen atoms in total. The zero-order chi connectivity index (χ0) is 11.5. The van der Waals surface area contributed by atoms with Crippen molar-refractivity contribution < 1.29 is 4.79 Å². The summed E-state index contributed by atoms with van der Waals surface area (Å²) in [4.78, 5) is 13.6. The third-order valence-electron chi connectivity index (χ3n) is 3.65. The van der Waals surface area contributed by atoms with Crippen molar-refractivity contribution in [3.05, 3.63) is 29.8 Å². The standard InChI is InChI=1S/C14H19NO/c1-3-11-9-15(4-2)14-8-6-5-7-12(14)13(11)10-16/h5-8,10-11,13H,3-4,9H2,1-2H3. The van der Waals surface area contributed by atoms with Gasteiger partial charge in [-0.25, -0.2) is 0 Å². The largest absolute Gasteiger partial charge is 0.371 e. The molecule has 86 valence electrons. The van der Waals surface area contributed by atoms with E-state index in [1.54, 1.807) is 0 Å². The molecule has 0 radical (unpaired) electrons. The molecule has 0 aromatic heterocycles. The summed E-state index contributed by atoms with van der Waals surface area (Å²) >= 11 is 0. The minimum atomic E-state index is 0.0870. The molecule has 0 N–H and O–H groups in total. The first-order valence-corrected chi connectivity index (χ1v) is 6.11. The Balaban J connectivity index is 2.45. The summed E-state index contributed by atoms with van der Waals surface area (Å²) in [6.45, 7) is 6.36. The van der Waals surface area contributed by atoms with Crippen LogP contribution in [0.5, 0.6) is 0 Å². The molecular weight excluding hydrogens is 198 g/mol. The highest BCUT2D eigenvalue weighted by molar-refractivity contribution is 5.71. The highest BCUT2D eigenvalue weighted by Crippen LogP contribution is 2.38. The van der Waals surface area contributed by atoms with Crippen molar-refractivity contribution in [1.29, 1.82) is 0 Å². The number of nitrogens with zero attached hydrogens (tertiary/aromatic N) is 1. The van der Waals surface area contributed by atoms with E-state index in [1.165, 1.54) is 11.3 Å². The van der Waals surface area contributed by atoms with E-state index in [9.17, 15) is 4.79 Å². The Morgan fingerprint density at radius 2 is 2.12 bits per heavy atom. The van der Waals surface area contributed by atoms with Crippen LogP contribution in [0.3, 0.4) is 0 Å². The molecule has 2 unspecified atom stereocenters. The van der Waals surface area contributed by atoms with Crippen LogP contribution < -0.4 is 4.90 Å². The van der Waals surface area contributed by atoms with Crippen LogP contribution in [0.2, 0.25) is 0 Å². The molecule has 0 saturated carbocycles. The van der Waals surface area contributed by atoms with Gasteiger partial charge in [0.2, 0.25) is 0 Å². The van der Waals surface area contributed by atoms with E-state index < -0.39 is 0 Å². The van der Waals surface area contributed by atoms with Gasteiger partial charge in [0.05, 0.1) is 0 Å². The zero-order valence-corrected chi connectivity index (χ0v) is 10.0. The van der Waals surface area contributed by atoms with Gasteiger partial charge in [-0.15, -0.1) is 0 Å². The van der Waals surface area contributed by atoms with Gasteiger partial charge in [0, 0.05) is 24.7 Å². The number of hydrogen-bond acceptors (Lipinski definition) is 2. The molecule has 0 fully saturated rings. The van der Waals surface area contributed by atoms with Gasteiger partial charge in [0.15, 0.2) is 0 Å². The number of anilines is 1. The molecule has 2 rings (SSSR count). The number of benzene rings is 1. The fourth-order valence-corrected chi connectivity index (χ4v) is 2.67. The number of para-hydroxylation sites is 1. The first-order chi connectivity index (χ1) is 7.81. The predicted molar refractivity (Wildman–Crippen MR) is 66.9 cm³/mol. The van der Waals surface area contributed by atoms with E-state index in [4.69, 9.17) is 0 Å². The summed E-state index contributed by atoms with van der Waals surface area (Å²) in [6.07, 6.45) is 2.19. The first kappa shape index (κ1) is 11.2. The third kappa shape index (κ3) is 1.73. The zero-order valence-electron chi connectivity index (χ0n) is 10.0. The Morgan fingerprint density at radius 1 is 1.38 bits per heavy atom. The van der Waals surface area contributed by atoms with E-state index in [1.807, 2.05) is 6.07 Å². The topological polar surface area (TPSA) is 20.3 Å². The molecule has 1 heterocycles. The summed E-state index contributed by atoms with van der Waals surface area (Å²) in [5.41, 5.74) is 2.45. The van der Waals surface area contributed by atoms with Crippen LogP contribution in [-0.2, 0) is 4.79 Å². The average molecular weight is 217 g/mol. The average Bonchev–Trinajstić information content (AvgIpc) is 2.36. The van der Waals surface area contributed by atoms with Crippen molar-refractivity contribution in [2.24, 2.45) is 5.92 Å². The fraction of sp³-hybridized carbons (Fsp3) is 0.500. The molecule has 2 heteroatoms. The van der Waals surface area contributed by atoms with Crippen molar-refractivity contribution >= 4 is 12.0 Å². The SMILES string of the molecule is CCC1CN(CC)c2ccccc2C1C=O. The van der Waals surface area contributed by atoms with Gasteiger partial charge in [-0.05, 0) is 24.5 Å². The maximum Gasteiger partial charge on any atom is 0.127 e. The smallest absolute Gasteiger partial charge is 0.127 e. The molecule has 16 heavy (non-hydrogen) atoms. The van der Waals surface area contributed by atoms with Crippen LogP contribution in [0, 0.1) is 5.92 Å². The van der Waals surface area contributed by atoms with Gasteiger partial charge in [0.25, 0.3) is 0 Å². The first-order valence-electron chi connectivity index (χ1n) is 6.11. The number of hydrogen-bond donors (Lipinski definition) is 0. The lowest BCUT2D eigenvalue weighted by molar-refractivity contribution is -0.110. The molecule has 1 aromatic rings. The third-order valence-corrected chi connectivity index (χ3v) is 3.65. The second-order valence-electron chi connectivity index (χ2n) is 4.43. The van der Waals surface area contributed by atoms with Crippen LogP contribution in [0.15, 0.2) is 24.3 Å². The Morgan fingerprint density at radius 3 is 2.75 bits per heavy atom. The van der Waals surface area contributed by atoms with Crippen molar-refractivity contribution in [2.75, 3.05) is 18.0 Å². The molecule has 1 aromatic carbocycles. The van der Waals surface area contributed by atoms with Crippen LogP contribution in [0.25, 0.3) is 0 Å². The lowest BCUT2D eigenvalue weighted by Crippen LogP contribution is -2.38. The van der Waals surface area contributed by atoms with Crippen LogP contribution in [-0.4, -0.2) is 19.4 Å². The highest BCUT2D eigenvalue weighted by atomic mass is 16.1. The van der Waals surface area contributed by atoms with Crippen LogP contribution in [0.4, 0.5) is 5.69 Å². The lowest BCUT2D eigenvalue weighted by Gasteiger charge is -2.38. The van der Waals surface area contributed by atoms with Gasteiger partial charge in [0.1, 0.15) is 6.29 Å².